The van der Waals surface area contributed by atoms with Gasteiger partial charge in [-0.15, -0.1) is 0 Å². The Balaban J connectivity index is 3.80. The third kappa shape index (κ3) is 3.65. The first-order valence-corrected chi connectivity index (χ1v) is 4.90. The van der Waals surface area contributed by atoms with E-state index < -0.39 is 0 Å². The molecule has 0 saturated carbocycles. The fraction of sp³-hybridized carbons (Fsp3) is 1.00. The quantitative estimate of drug-likeness (QED) is 0.485. The second kappa shape index (κ2) is 4.43. The van der Waals surface area contributed by atoms with E-state index in [-0.39, 0.29) is 0 Å². The lowest BCUT2D eigenvalue weighted by Crippen LogP contribution is -2.16. The molecular formula is C8H17BBr. The Morgan fingerprint density at radius 1 is 1.60 bits per heavy atom. The highest BCUT2D eigenvalue weighted by molar-refractivity contribution is 9.09. The second-order valence-electron chi connectivity index (χ2n) is 3.28. The van der Waals surface area contributed by atoms with E-state index in [1.807, 2.05) is 0 Å². The van der Waals surface area contributed by atoms with E-state index in [0.29, 0.717) is 10.1 Å². The molecule has 0 rings (SSSR count). The van der Waals surface area contributed by atoms with E-state index in [1.165, 1.54) is 12.8 Å². The van der Waals surface area contributed by atoms with Crippen molar-refractivity contribution >= 4 is 23.2 Å². The molecule has 0 amide bonds. The minimum absolute atomic E-state index is 0.433. The molecule has 0 aliphatic carbocycles. The summed E-state index contributed by atoms with van der Waals surface area (Å²) < 4.78 is 0. The lowest BCUT2D eigenvalue weighted by atomic mass is 9.52. The third-order valence-electron chi connectivity index (χ3n) is 2.25. The van der Waals surface area contributed by atoms with Crippen molar-refractivity contribution < 1.29 is 0 Å². The average molecular weight is 204 g/mol. The highest BCUT2D eigenvalue weighted by Gasteiger charge is 2.21. The van der Waals surface area contributed by atoms with Gasteiger partial charge < -0.3 is 0 Å². The van der Waals surface area contributed by atoms with Crippen molar-refractivity contribution in [2.75, 3.05) is 0 Å². The van der Waals surface area contributed by atoms with Gasteiger partial charge in [0.2, 0.25) is 0 Å². The van der Waals surface area contributed by atoms with Crippen molar-refractivity contribution in [3.8, 4) is 0 Å². The number of hydrogen-bond acceptors (Lipinski definition) is 0. The standard InChI is InChI=1S/C8H17BBr/c1-5-8(3,9-4)6-7(2)10/h7H,5-6H2,1-4H3. The Morgan fingerprint density at radius 3 is 2.20 bits per heavy atom. The van der Waals surface area contributed by atoms with Crippen molar-refractivity contribution in [3.05, 3.63) is 0 Å². The van der Waals surface area contributed by atoms with Crippen LogP contribution in [0.2, 0.25) is 12.1 Å². The summed E-state index contributed by atoms with van der Waals surface area (Å²) in [4.78, 5) is 0.633. The zero-order valence-electron chi connectivity index (χ0n) is 7.45. The van der Waals surface area contributed by atoms with Crippen molar-refractivity contribution in [3.63, 3.8) is 0 Å². The van der Waals surface area contributed by atoms with Gasteiger partial charge in [0.05, 0.1) is 0 Å². The van der Waals surface area contributed by atoms with Gasteiger partial charge in [0.25, 0.3) is 0 Å². The molecule has 0 heterocycles. The molecule has 0 spiro atoms. The maximum absolute atomic E-state index is 3.57. The van der Waals surface area contributed by atoms with Crippen molar-refractivity contribution in [1.29, 1.82) is 0 Å². The highest BCUT2D eigenvalue weighted by Crippen LogP contribution is 2.35. The van der Waals surface area contributed by atoms with Gasteiger partial charge >= 0.3 is 0 Å². The summed E-state index contributed by atoms with van der Waals surface area (Å²) in [5.74, 6) is 0. The SMILES string of the molecule is C[B]C(C)(CC)CC(C)Br. The smallest absolute Gasteiger partial charge is 0.0914 e. The molecule has 59 valence electrons. The average Bonchev–Trinajstić information content (AvgIpc) is 1.87. The predicted octanol–water partition coefficient (Wildman–Crippen LogP) is 3.50. The topological polar surface area (TPSA) is 0 Å². The molecule has 2 heteroatoms. The monoisotopic (exact) mass is 203 g/mol. The maximum atomic E-state index is 3.57. The summed E-state index contributed by atoms with van der Waals surface area (Å²) in [6, 6.07) is 0. The van der Waals surface area contributed by atoms with E-state index in [4.69, 9.17) is 0 Å². The molecule has 0 saturated heterocycles. The van der Waals surface area contributed by atoms with Crippen LogP contribution in [0.25, 0.3) is 0 Å². The number of alkyl halides is 1. The molecule has 0 fully saturated rings. The van der Waals surface area contributed by atoms with Crippen LogP contribution in [0.15, 0.2) is 0 Å². The molecular weight excluding hydrogens is 187 g/mol. The molecule has 0 aromatic heterocycles. The number of halogens is 1. The first-order valence-electron chi connectivity index (χ1n) is 3.98. The van der Waals surface area contributed by atoms with Gasteiger partial charge in [-0.25, -0.2) is 0 Å². The minimum Gasteiger partial charge on any atom is -0.0914 e. The summed E-state index contributed by atoms with van der Waals surface area (Å²) in [7, 11) is 2.31. The van der Waals surface area contributed by atoms with Crippen LogP contribution in [0.5, 0.6) is 0 Å². The molecule has 0 bridgehead atoms. The lowest BCUT2D eigenvalue weighted by Gasteiger charge is -2.27. The number of hydrogen-bond donors (Lipinski definition) is 0. The molecule has 0 aromatic rings. The fourth-order valence-corrected chi connectivity index (χ4v) is 1.85. The summed E-state index contributed by atoms with van der Waals surface area (Å²) in [6.45, 7) is 8.91. The molecule has 0 N–H and O–H groups in total. The summed E-state index contributed by atoms with van der Waals surface area (Å²) in [5.41, 5.74) is 0. The van der Waals surface area contributed by atoms with Crippen molar-refractivity contribution in [1.82, 2.24) is 0 Å². The third-order valence-corrected chi connectivity index (χ3v) is 2.58. The van der Waals surface area contributed by atoms with Crippen LogP contribution in [0.4, 0.5) is 0 Å². The summed E-state index contributed by atoms with van der Waals surface area (Å²) in [6.07, 6.45) is 2.47. The van der Waals surface area contributed by atoms with E-state index in [1.54, 1.807) is 0 Å². The first kappa shape index (κ1) is 10.5. The Labute approximate surface area is 74.1 Å². The van der Waals surface area contributed by atoms with E-state index in [2.05, 4.69) is 50.8 Å². The number of rotatable bonds is 4. The van der Waals surface area contributed by atoms with Crippen LogP contribution in [0.1, 0.15) is 33.6 Å². The largest absolute Gasteiger partial charge is 0.114 e. The van der Waals surface area contributed by atoms with Gasteiger partial charge in [-0.1, -0.05) is 55.3 Å². The Bertz CT molecular complexity index is 87.3. The zero-order chi connectivity index (χ0) is 8.20. The summed E-state index contributed by atoms with van der Waals surface area (Å²) in [5, 5.41) is 0.433. The van der Waals surface area contributed by atoms with E-state index in [0.717, 1.165) is 0 Å². The molecule has 0 aliphatic rings. The van der Waals surface area contributed by atoms with Crippen LogP contribution < -0.4 is 0 Å². The van der Waals surface area contributed by atoms with Gasteiger partial charge in [-0.05, 0) is 6.42 Å². The molecule has 0 nitrogen and oxygen atoms in total. The Hall–Kier alpha value is 0.545. The maximum Gasteiger partial charge on any atom is 0.114 e. The zero-order valence-corrected chi connectivity index (χ0v) is 9.03. The van der Waals surface area contributed by atoms with E-state index in [9.17, 15) is 0 Å². The molecule has 2 unspecified atom stereocenters. The normalized spacial score (nSPS) is 19.7. The van der Waals surface area contributed by atoms with Crippen LogP contribution >= 0.6 is 15.9 Å². The van der Waals surface area contributed by atoms with Crippen molar-refractivity contribution in [2.45, 2.75) is 50.6 Å². The van der Waals surface area contributed by atoms with Crippen molar-refractivity contribution in [2.24, 2.45) is 0 Å². The second-order valence-corrected chi connectivity index (χ2v) is 4.84. The molecule has 0 aliphatic heterocycles. The molecule has 2 atom stereocenters. The van der Waals surface area contributed by atoms with Gasteiger partial charge in [0.15, 0.2) is 0 Å². The molecule has 10 heavy (non-hydrogen) atoms. The minimum atomic E-state index is 0.433. The van der Waals surface area contributed by atoms with Crippen LogP contribution in [0.3, 0.4) is 0 Å². The lowest BCUT2D eigenvalue weighted by molar-refractivity contribution is 0.537. The predicted molar refractivity (Wildman–Crippen MR) is 53.3 cm³/mol. The molecule has 0 aromatic carbocycles. The van der Waals surface area contributed by atoms with Crippen LogP contribution in [-0.4, -0.2) is 12.1 Å². The van der Waals surface area contributed by atoms with Gasteiger partial charge in [-0.3, -0.25) is 0 Å². The van der Waals surface area contributed by atoms with Gasteiger partial charge in [0, 0.05) is 4.83 Å². The Morgan fingerprint density at radius 2 is 2.10 bits per heavy atom. The first-order chi connectivity index (χ1) is 4.54. The summed E-state index contributed by atoms with van der Waals surface area (Å²) >= 11 is 3.57. The molecule has 1 radical (unpaired) electrons. The fourth-order valence-electron chi connectivity index (χ4n) is 1.11. The van der Waals surface area contributed by atoms with Gasteiger partial charge in [0.1, 0.15) is 7.28 Å². The van der Waals surface area contributed by atoms with Crippen LogP contribution in [0, 0.1) is 0 Å². The highest BCUT2D eigenvalue weighted by atomic mass is 79.9. The van der Waals surface area contributed by atoms with Crippen LogP contribution in [-0.2, 0) is 0 Å². The Kier molecular flexibility index (Phi) is 4.67. The van der Waals surface area contributed by atoms with E-state index >= 15 is 0 Å². The van der Waals surface area contributed by atoms with Gasteiger partial charge in [-0.2, -0.15) is 0 Å².